The molecule has 0 spiro atoms. The van der Waals surface area contributed by atoms with E-state index in [2.05, 4.69) is 42.1 Å². The Morgan fingerprint density at radius 2 is 1.88 bits per heavy atom. The summed E-state index contributed by atoms with van der Waals surface area (Å²) in [5.41, 5.74) is 5.30. The van der Waals surface area contributed by atoms with Gasteiger partial charge in [-0.15, -0.1) is 12.8 Å². The van der Waals surface area contributed by atoms with Gasteiger partial charge in [0.1, 0.15) is 6.10 Å². The van der Waals surface area contributed by atoms with Crippen molar-refractivity contribution in [3.63, 3.8) is 0 Å². The summed E-state index contributed by atoms with van der Waals surface area (Å²) in [5, 5.41) is 7.82. The van der Waals surface area contributed by atoms with Gasteiger partial charge in [-0.05, 0) is 69.4 Å². The third-order valence-corrected chi connectivity index (χ3v) is 4.92. The third kappa shape index (κ3) is 10.5. The summed E-state index contributed by atoms with van der Waals surface area (Å²) in [6.45, 7) is 12.0. The van der Waals surface area contributed by atoms with Crippen molar-refractivity contribution >= 4 is 23.1 Å². The number of H-pyrrole nitrogens is 1. The lowest BCUT2D eigenvalue weighted by Crippen LogP contribution is -2.11. The van der Waals surface area contributed by atoms with Crippen LogP contribution < -0.4 is 0 Å². The Morgan fingerprint density at radius 3 is 2.34 bits per heavy atom. The van der Waals surface area contributed by atoms with Crippen molar-refractivity contribution in [1.82, 2.24) is 10.2 Å². The second-order valence-corrected chi connectivity index (χ2v) is 7.61. The smallest absolute Gasteiger partial charge is 0.306 e. The highest BCUT2D eigenvalue weighted by Crippen LogP contribution is 2.27. The highest BCUT2D eigenvalue weighted by molar-refractivity contribution is 6.31. The number of rotatable bonds is 8. The number of carbonyl (C=O) groups excluding carboxylic acids is 1. The summed E-state index contributed by atoms with van der Waals surface area (Å²) in [6.07, 6.45) is 17.1. The molecule has 1 N–H and O–H groups in total. The number of halogens is 1. The number of aromatic nitrogens is 2. The number of terminal acetylenes is 1. The average Bonchev–Trinajstić information content (AvgIpc) is 3.21. The van der Waals surface area contributed by atoms with E-state index in [0.717, 1.165) is 52.4 Å². The van der Waals surface area contributed by atoms with E-state index in [1.165, 1.54) is 0 Å². The van der Waals surface area contributed by atoms with E-state index >= 15 is 0 Å². The van der Waals surface area contributed by atoms with Gasteiger partial charge in [0.05, 0.1) is 5.69 Å². The maximum atomic E-state index is 11.6. The normalized spacial score (nSPS) is 11.7. The summed E-state index contributed by atoms with van der Waals surface area (Å²) in [6, 6.07) is 7.84. The van der Waals surface area contributed by atoms with Crippen LogP contribution in [-0.2, 0) is 9.53 Å². The molecule has 0 amide bonds. The van der Waals surface area contributed by atoms with Gasteiger partial charge in [0.2, 0.25) is 0 Å². The molecule has 1 aromatic carbocycles. The van der Waals surface area contributed by atoms with E-state index in [1.54, 1.807) is 0 Å². The Kier molecular flexibility index (Phi) is 15.4. The lowest BCUT2D eigenvalue weighted by Gasteiger charge is -2.18. The Balaban J connectivity index is 0.000000595. The minimum absolute atomic E-state index is 0.122. The van der Waals surface area contributed by atoms with Crippen LogP contribution in [0.15, 0.2) is 42.5 Å². The van der Waals surface area contributed by atoms with Crippen molar-refractivity contribution in [3.8, 4) is 12.8 Å². The third-order valence-electron chi connectivity index (χ3n) is 4.49. The van der Waals surface area contributed by atoms with Gasteiger partial charge < -0.3 is 4.74 Å². The number of aryl methyl sites for hydroxylation is 2. The molecule has 4 nitrogen and oxygen atoms in total. The van der Waals surface area contributed by atoms with Gasteiger partial charge >= 0.3 is 5.97 Å². The van der Waals surface area contributed by atoms with Gasteiger partial charge in [0.25, 0.3) is 0 Å². The van der Waals surface area contributed by atoms with Crippen LogP contribution in [0.25, 0.3) is 5.57 Å². The van der Waals surface area contributed by atoms with E-state index < -0.39 is 0 Å². The fourth-order valence-electron chi connectivity index (χ4n) is 2.92. The van der Waals surface area contributed by atoms with Crippen LogP contribution in [0.5, 0.6) is 0 Å². The molecule has 2 rings (SSSR count). The maximum Gasteiger partial charge on any atom is 0.306 e. The first-order chi connectivity index (χ1) is 15.4. The summed E-state index contributed by atoms with van der Waals surface area (Å²) >= 11 is 6.01. The highest BCUT2D eigenvalue weighted by Gasteiger charge is 2.16. The molecule has 0 saturated carbocycles. The molecule has 0 fully saturated rings. The fourth-order valence-corrected chi connectivity index (χ4v) is 3.04. The van der Waals surface area contributed by atoms with Crippen LogP contribution >= 0.6 is 11.6 Å². The van der Waals surface area contributed by atoms with Gasteiger partial charge in [-0.1, -0.05) is 62.2 Å². The lowest BCUT2D eigenvalue weighted by atomic mass is 10.0. The zero-order valence-electron chi connectivity index (χ0n) is 20.2. The number of esters is 1. The second-order valence-electron chi connectivity index (χ2n) is 7.21. The maximum absolute atomic E-state index is 11.6. The van der Waals surface area contributed by atoms with E-state index in [9.17, 15) is 4.79 Å². The number of hydrogen-bond donors (Lipinski definition) is 1. The first-order valence-corrected chi connectivity index (χ1v) is 11.3. The van der Waals surface area contributed by atoms with E-state index in [1.807, 2.05) is 65.0 Å². The van der Waals surface area contributed by atoms with Gasteiger partial charge in [-0.25, -0.2) is 0 Å². The van der Waals surface area contributed by atoms with Crippen LogP contribution in [0.2, 0.25) is 5.02 Å². The largest absolute Gasteiger partial charge is 0.457 e. The van der Waals surface area contributed by atoms with E-state index in [4.69, 9.17) is 16.3 Å². The number of nitrogens with one attached hydrogen (secondary N) is 1. The monoisotopic (exact) mass is 456 g/mol. The topological polar surface area (TPSA) is 55.0 Å². The van der Waals surface area contributed by atoms with Gasteiger partial charge in [0, 0.05) is 17.1 Å². The molecule has 1 unspecified atom stereocenters. The highest BCUT2D eigenvalue weighted by atomic mass is 35.5. The Hall–Kier alpha value is -2.77. The van der Waals surface area contributed by atoms with Crippen molar-refractivity contribution in [2.45, 2.75) is 73.3 Å². The SMILES string of the molecule is C#C.C/C=C\C(=C/C)c1cc(C)[nH]n1.CCCC(=O)OC(CCC)c1ccc(Cl)c(C)c1. The van der Waals surface area contributed by atoms with Crippen molar-refractivity contribution < 1.29 is 9.53 Å². The van der Waals surface area contributed by atoms with Crippen LogP contribution in [0.3, 0.4) is 0 Å². The summed E-state index contributed by atoms with van der Waals surface area (Å²) in [4.78, 5) is 11.6. The zero-order chi connectivity index (χ0) is 24.5. The minimum atomic E-state index is -0.148. The molecule has 32 heavy (non-hydrogen) atoms. The molecule has 0 aliphatic carbocycles. The molecule has 2 aromatic rings. The van der Waals surface area contributed by atoms with Gasteiger partial charge in [-0.2, -0.15) is 5.10 Å². The fraction of sp³-hybridized carbons (Fsp3) is 0.407. The molecule has 5 heteroatoms. The minimum Gasteiger partial charge on any atom is -0.457 e. The molecular weight excluding hydrogens is 420 g/mol. The Bertz CT molecular complexity index is 894. The van der Waals surface area contributed by atoms with Crippen molar-refractivity contribution in [1.29, 1.82) is 0 Å². The number of hydrogen-bond acceptors (Lipinski definition) is 3. The molecule has 0 bridgehead atoms. The van der Waals surface area contributed by atoms with Crippen molar-refractivity contribution in [2.24, 2.45) is 0 Å². The number of nitrogens with zero attached hydrogens (tertiary/aromatic N) is 1. The number of aromatic amines is 1. The molecule has 0 aliphatic rings. The average molecular weight is 457 g/mol. The van der Waals surface area contributed by atoms with Crippen LogP contribution in [-0.4, -0.2) is 16.2 Å². The predicted molar refractivity (Wildman–Crippen MR) is 137 cm³/mol. The van der Waals surface area contributed by atoms with Crippen LogP contribution in [0, 0.1) is 26.7 Å². The Morgan fingerprint density at radius 1 is 1.19 bits per heavy atom. The lowest BCUT2D eigenvalue weighted by molar-refractivity contribution is -0.149. The van der Waals surface area contributed by atoms with E-state index in [0.29, 0.717) is 6.42 Å². The molecule has 1 heterocycles. The van der Waals surface area contributed by atoms with Crippen molar-refractivity contribution in [3.05, 3.63) is 70.0 Å². The first kappa shape index (κ1) is 29.2. The molecule has 0 aliphatic heterocycles. The number of ether oxygens (including phenoxy) is 1. The standard InChI is InChI=1S/C15H21ClO2.C10H14N2.C2H2/c1-4-6-14(18-15(17)7-5-2)12-8-9-13(16)11(3)10-12;1-4-6-9(5-2)10-7-8(3)11-12-10;1-2/h8-10,14H,4-7H2,1-3H3;4-7H,1-3H3,(H,11,12);1-2H/b;6-4-,9-5+;. The van der Waals surface area contributed by atoms with E-state index in [-0.39, 0.29) is 12.1 Å². The molecule has 1 aromatic heterocycles. The second kappa shape index (κ2) is 16.9. The summed E-state index contributed by atoms with van der Waals surface area (Å²) in [7, 11) is 0. The molecule has 0 radical (unpaired) electrons. The molecule has 0 saturated heterocycles. The van der Waals surface area contributed by atoms with Gasteiger partial charge in [-0.3, -0.25) is 9.89 Å². The first-order valence-electron chi connectivity index (χ1n) is 11.0. The molecule has 1 atom stereocenters. The summed E-state index contributed by atoms with van der Waals surface area (Å²) < 4.78 is 5.53. The summed E-state index contributed by atoms with van der Waals surface area (Å²) in [5.74, 6) is -0.122. The molecular formula is C27H37ClN2O2. The van der Waals surface area contributed by atoms with Gasteiger partial charge in [0.15, 0.2) is 0 Å². The number of allylic oxidation sites excluding steroid dienone is 4. The predicted octanol–water partition coefficient (Wildman–Crippen LogP) is 7.78. The Labute approximate surface area is 199 Å². The molecule has 174 valence electrons. The number of carbonyl (C=O) groups is 1. The van der Waals surface area contributed by atoms with Crippen LogP contribution in [0.4, 0.5) is 0 Å². The quantitative estimate of drug-likeness (QED) is 0.250. The number of benzene rings is 1. The van der Waals surface area contributed by atoms with Crippen LogP contribution in [0.1, 0.15) is 82.0 Å². The van der Waals surface area contributed by atoms with Crippen molar-refractivity contribution in [2.75, 3.05) is 0 Å². The zero-order valence-corrected chi connectivity index (χ0v) is 21.0.